The van der Waals surface area contributed by atoms with E-state index in [0.29, 0.717) is 11.3 Å². The summed E-state index contributed by atoms with van der Waals surface area (Å²) in [7, 11) is 0. The van der Waals surface area contributed by atoms with Crippen molar-refractivity contribution >= 4 is 18.3 Å². The van der Waals surface area contributed by atoms with Crippen LogP contribution in [0.1, 0.15) is 22.3 Å². The molecule has 4 rings (SSSR count). The van der Waals surface area contributed by atoms with E-state index in [2.05, 4.69) is 4.98 Å². The lowest BCUT2D eigenvalue weighted by Crippen LogP contribution is -2.10. The van der Waals surface area contributed by atoms with Gasteiger partial charge in [-0.1, -0.05) is 42.0 Å². The van der Waals surface area contributed by atoms with E-state index in [1.165, 1.54) is 0 Å². The van der Waals surface area contributed by atoms with E-state index in [1.807, 2.05) is 55.5 Å². The van der Waals surface area contributed by atoms with Crippen LogP contribution in [0.3, 0.4) is 0 Å². The lowest BCUT2D eigenvalue weighted by molar-refractivity contribution is -0.468. The molecule has 1 aliphatic heterocycles. The Kier molecular flexibility index (Phi) is 3.32. The van der Waals surface area contributed by atoms with Crippen LogP contribution >= 0.6 is 0 Å². The smallest absolute Gasteiger partial charge is 0.231 e. The SMILES string of the molecule is Cc1ccc(C2=[N+]([O-])Cc3c(-c4ccc([S-])cc4)[nH]c(O)c32)cc1. The van der Waals surface area contributed by atoms with Crippen LogP contribution in [0.25, 0.3) is 11.3 Å². The van der Waals surface area contributed by atoms with E-state index in [-0.39, 0.29) is 12.4 Å². The Labute approximate surface area is 145 Å². The second-order valence-electron chi connectivity index (χ2n) is 5.98. The number of hydrogen-bond acceptors (Lipinski definition) is 3. The van der Waals surface area contributed by atoms with Crippen LogP contribution in [0.2, 0.25) is 0 Å². The van der Waals surface area contributed by atoms with Crippen molar-refractivity contribution < 1.29 is 9.85 Å². The molecule has 0 unspecified atom stereocenters. The number of hydroxylamine groups is 1. The molecule has 0 saturated heterocycles. The van der Waals surface area contributed by atoms with Crippen molar-refractivity contribution in [2.24, 2.45) is 0 Å². The predicted molar refractivity (Wildman–Crippen MR) is 95.2 cm³/mol. The third-order valence-corrected chi connectivity index (χ3v) is 4.61. The second-order valence-corrected chi connectivity index (χ2v) is 6.45. The molecule has 0 atom stereocenters. The molecule has 120 valence electrons. The molecular formula is C19H15N2O2S-. The third-order valence-electron chi connectivity index (χ3n) is 4.34. The fourth-order valence-electron chi connectivity index (χ4n) is 3.15. The van der Waals surface area contributed by atoms with Gasteiger partial charge in [0.25, 0.3) is 0 Å². The highest BCUT2D eigenvalue weighted by Gasteiger charge is 2.35. The fraction of sp³-hybridized carbons (Fsp3) is 0.105. The summed E-state index contributed by atoms with van der Waals surface area (Å²) in [6.07, 6.45) is 0. The van der Waals surface area contributed by atoms with Crippen LogP contribution in [-0.2, 0) is 19.2 Å². The van der Waals surface area contributed by atoms with Crippen LogP contribution in [0.15, 0.2) is 53.4 Å². The van der Waals surface area contributed by atoms with Gasteiger partial charge in [-0.2, -0.15) is 9.63 Å². The van der Waals surface area contributed by atoms with Gasteiger partial charge in [-0.05, 0) is 24.6 Å². The largest absolute Gasteiger partial charge is 0.780 e. The molecule has 0 radical (unpaired) electrons. The van der Waals surface area contributed by atoms with E-state index in [0.717, 1.165) is 37.6 Å². The lowest BCUT2D eigenvalue weighted by atomic mass is 10.00. The maximum atomic E-state index is 12.5. The van der Waals surface area contributed by atoms with Gasteiger partial charge in [-0.15, -0.1) is 0 Å². The van der Waals surface area contributed by atoms with Crippen molar-refractivity contribution in [2.75, 3.05) is 0 Å². The lowest BCUT2D eigenvalue weighted by Gasteiger charge is -2.07. The molecule has 0 fully saturated rings. The first kappa shape index (κ1) is 14.8. The first-order valence-corrected chi connectivity index (χ1v) is 8.05. The zero-order valence-electron chi connectivity index (χ0n) is 13.0. The van der Waals surface area contributed by atoms with Gasteiger partial charge in [-0.3, -0.25) is 0 Å². The molecule has 24 heavy (non-hydrogen) atoms. The van der Waals surface area contributed by atoms with Crippen molar-refractivity contribution in [3.63, 3.8) is 0 Å². The summed E-state index contributed by atoms with van der Waals surface area (Å²) in [5.41, 5.74) is 5.50. The Hall–Kier alpha value is -2.79. The molecule has 1 aliphatic rings. The monoisotopic (exact) mass is 335 g/mol. The minimum atomic E-state index is 0.0244. The highest BCUT2D eigenvalue weighted by atomic mass is 32.1. The zero-order chi connectivity index (χ0) is 16.8. The van der Waals surface area contributed by atoms with Crippen LogP contribution in [0.4, 0.5) is 0 Å². The molecule has 2 N–H and O–H groups in total. The van der Waals surface area contributed by atoms with Crippen LogP contribution < -0.4 is 0 Å². The van der Waals surface area contributed by atoms with Crippen LogP contribution in [0, 0.1) is 12.1 Å². The first-order chi connectivity index (χ1) is 11.5. The number of nitrogens with one attached hydrogen (secondary N) is 1. The van der Waals surface area contributed by atoms with Crippen molar-refractivity contribution in [3.05, 3.63) is 76.0 Å². The van der Waals surface area contributed by atoms with Gasteiger partial charge in [0, 0.05) is 5.56 Å². The molecule has 0 spiro atoms. The van der Waals surface area contributed by atoms with Crippen LogP contribution in [-0.4, -0.2) is 20.5 Å². The number of hydrogen-bond donors (Lipinski definition) is 2. The summed E-state index contributed by atoms with van der Waals surface area (Å²) >= 11 is 5.12. The van der Waals surface area contributed by atoms with Crippen molar-refractivity contribution in [1.82, 2.24) is 4.98 Å². The molecule has 0 saturated carbocycles. The Morgan fingerprint density at radius 2 is 1.67 bits per heavy atom. The summed E-state index contributed by atoms with van der Waals surface area (Å²) in [5, 5.41) is 22.9. The third kappa shape index (κ3) is 2.25. The Morgan fingerprint density at radius 3 is 2.33 bits per heavy atom. The fourth-order valence-corrected chi connectivity index (χ4v) is 3.29. The Balaban J connectivity index is 1.85. The minimum Gasteiger partial charge on any atom is -0.780 e. The highest BCUT2D eigenvalue weighted by molar-refractivity contribution is 7.58. The van der Waals surface area contributed by atoms with Gasteiger partial charge >= 0.3 is 0 Å². The molecule has 5 heteroatoms. The number of aromatic nitrogens is 1. The summed E-state index contributed by atoms with van der Waals surface area (Å²) in [4.78, 5) is 3.77. The van der Waals surface area contributed by atoms with E-state index < -0.39 is 0 Å². The molecule has 3 aromatic rings. The predicted octanol–water partition coefficient (Wildman–Crippen LogP) is 3.46. The topological polar surface area (TPSA) is 62.1 Å². The molecule has 0 amide bonds. The second kappa shape index (κ2) is 5.39. The zero-order valence-corrected chi connectivity index (χ0v) is 13.9. The van der Waals surface area contributed by atoms with E-state index in [1.54, 1.807) is 0 Å². The van der Waals surface area contributed by atoms with Crippen LogP contribution in [0.5, 0.6) is 5.88 Å². The average Bonchev–Trinajstić information content (AvgIpc) is 3.06. The maximum Gasteiger partial charge on any atom is 0.231 e. The molecular weight excluding hydrogens is 320 g/mol. The Morgan fingerprint density at radius 1 is 1.04 bits per heavy atom. The molecule has 0 bridgehead atoms. The number of H-pyrrole nitrogens is 1. The molecule has 2 aromatic carbocycles. The van der Waals surface area contributed by atoms with Gasteiger partial charge in [0.2, 0.25) is 11.6 Å². The summed E-state index contributed by atoms with van der Waals surface area (Å²) in [5.74, 6) is 0.0244. The summed E-state index contributed by atoms with van der Waals surface area (Å²) in [6.45, 7) is 2.21. The molecule has 0 aliphatic carbocycles. The quantitative estimate of drug-likeness (QED) is 0.428. The summed E-state index contributed by atoms with van der Waals surface area (Å²) in [6, 6.07) is 15.2. The van der Waals surface area contributed by atoms with Gasteiger partial charge < -0.3 is 27.9 Å². The van der Waals surface area contributed by atoms with Crippen molar-refractivity contribution in [3.8, 4) is 17.1 Å². The van der Waals surface area contributed by atoms with E-state index >= 15 is 0 Å². The van der Waals surface area contributed by atoms with Crippen molar-refractivity contribution in [2.45, 2.75) is 18.4 Å². The number of fused-ring (bicyclic) bond motifs is 1. The molecule has 4 nitrogen and oxygen atoms in total. The van der Waals surface area contributed by atoms with Crippen molar-refractivity contribution in [1.29, 1.82) is 0 Å². The number of aromatic amines is 1. The number of aryl methyl sites for hydroxylation is 1. The van der Waals surface area contributed by atoms with E-state index in [9.17, 15) is 10.3 Å². The standard InChI is InChI=1S/C19H16N2O2S/c1-11-2-4-13(5-3-11)18-16-15(10-21(18)23)17(20-19(16)22)12-6-8-14(24)9-7-12/h2-9,20,22,24H,10H2,1H3/p-1. The minimum absolute atomic E-state index is 0.0244. The Bertz CT molecular complexity index is 954. The van der Waals surface area contributed by atoms with Gasteiger partial charge in [0.15, 0.2) is 6.54 Å². The van der Waals surface area contributed by atoms with Gasteiger partial charge in [0.1, 0.15) is 5.56 Å². The number of rotatable bonds is 2. The number of nitrogens with zero attached hydrogens (tertiary/aromatic N) is 1. The van der Waals surface area contributed by atoms with Gasteiger partial charge in [0.05, 0.1) is 11.3 Å². The molecule has 1 aromatic heterocycles. The molecule has 2 heterocycles. The number of aromatic hydroxyl groups is 1. The highest BCUT2D eigenvalue weighted by Crippen LogP contribution is 2.37. The van der Waals surface area contributed by atoms with Gasteiger partial charge in [-0.25, -0.2) is 0 Å². The maximum absolute atomic E-state index is 12.5. The normalized spacial score (nSPS) is 13.4. The van der Waals surface area contributed by atoms with E-state index in [4.69, 9.17) is 12.6 Å². The first-order valence-electron chi connectivity index (χ1n) is 7.65. The average molecular weight is 335 g/mol. The summed E-state index contributed by atoms with van der Waals surface area (Å²) < 4.78 is 0.938. The number of benzene rings is 2.